The third kappa shape index (κ3) is 6.54. The zero-order valence-corrected chi connectivity index (χ0v) is 19.7. The highest BCUT2D eigenvalue weighted by molar-refractivity contribution is 5.66. The lowest BCUT2D eigenvalue weighted by atomic mass is 9.82. The number of carbonyl (C=O) groups is 1. The summed E-state index contributed by atoms with van der Waals surface area (Å²) >= 11 is 0. The molecule has 0 spiro atoms. The molecule has 186 valence electrons. The van der Waals surface area contributed by atoms with Gasteiger partial charge in [-0.3, -0.25) is 9.69 Å². The zero-order chi connectivity index (χ0) is 25.0. The fourth-order valence-electron chi connectivity index (χ4n) is 4.78. The second-order valence-electron chi connectivity index (χ2n) is 9.30. The molecule has 0 saturated carbocycles. The summed E-state index contributed by atoms with van der Waals surface area (Å²) in [5, 5.41) is 8.77. The molecule has 1 heterocycles. The largest absolute Gasteiger partial charge is 0.493 e. The molecule has 1 aliphatic heterocycles. The molecule has 0 saturated heterocycles. The quantitative estimate of drug-likeness (QED) is 0.529. The Morgan fingerprint density at radius 1 is 1.09 bits per heavy atom. The van der Waals surface area contributed by atoms with Crippen molar-refractivity contribution < 1.29 is 27.8 Å². The Bertz CT molecular complexity index is 1110. The molecular weight excluding hydrogens is 455 g/mol. The van der Waals surface area contributed by atoms with Gasteiger partial charge in [0.1, 0.15) is 5.75 Å². The van der Waals surface area contributed by atoms with E-state index >= 15 is 0 Å². The van der Waals surface area contributed by atoms with E-state index in [4.69, 9.17) is 9.84 Å². The number of aliphatic carboxylic acids is 1. The molecule has 0 fully saturated rings. The van der Waals surface area contributed by atoms with Crippen LogP contribution in [0.4, 0.5) is 13.2 Å². The van der Waals surface area contributed by atoms with Gasteiger partial charge in [-0.2, -0.15) is 13.2 Å². The maximum absolute atomic E-state index is 13.0. The van der Waals surface area contributed by atoms with E-state index < -0.39 is 17.7 Å². The van der Waals surface area contributed by atoms with E-state index in [-0.39, 0.29) is 24.9 Å². The lowest BCUT2D eigenvalue weighted by molar-refractivity contribution is -0.137. The van der Waals surface area contributed by atoms with E-state index in [1.54, 1.807) is 6.08 Å². The van der Waals surface area contributed by atoms with E-state index in [1.165, 1.54) is 28.8 Å². The van der Waals surface area contributed by atoms with E-state index in [0.717, 1.165) is 38.0 Å². The third-order valence-electron chi connectivity index (χ3n) is 6.75. The van der Waals surface area contributed by atoms with Gasteiger partial charge in [0.05, 0.1) is 18.6 Å². The number of carboxylic acid groups (broad SMARTS) is 1. The topological polar surface area (TPSA) is 49.8 Å². The van der Waals surface area contributed by atoms with Crippen LogP contribution in [-0.2, 0) is 24.2 Å². The van der Waals surface area contributed by atoms with Crippen molar-refractivity contribution in [3.05, 3.63) is 88.5 Å². The Hall–Kier alpha value is -3.06. The Kier molecular flexibility index (Phi) is 7.65. The molecule has 4 nitrogen and oxygen atoms in total. The van der Waals surface area contributed by atoms with Crippen molar-refractivity contribution in [2.24, 2.45) is 5.92 Å². The van der Waals surface area contributed by atoms with Gasteiger partial charge in [0.25, 0.3) is 0 Å². The maximum atomic E-state index is 13.0. The van der Waals surface area contributed by atoms with Crippen LogP contribution in [0.25, 0.3) is 0 Å². The van der Waals surface area contributed by atoms with E-state index in [0.29, 0.717) is 5.75 Å². The van der Waals surface area contributed by atoms with Gasteiger partial charge in [-0.25, -0.2) is 0 Å². The summed E-state index contributed by atoms with van der Waals surface area (Å²) in [6, 6.07) is 14.2. The number of hydrogen-bond acceptors (Lipinski definition) is 3. The first-order chi connectivity index (χ1) is 16.7. The minimum atomic E-state index is -4.30. The molecule has 35 heavy (non-hydrogen) atoms. The van der Waals surface area contributed by atoms with Crippen molar-refractivity contribution in [2.45, 2.75) is 44.8 Å². The lowest BCUT2D eigenvalue weighted by Gasteiger charge is -2.25. The number of halogens is 3. The Labute approximate surface area is 203 Å². The SMILES string of the molecule is CC1C=C(C(F)(F)F)C=CC1c1ccc(CN2CCc3ccc(OCCC(=O)O)cc3CC2)cc1. The minimum Gasteiger partial charge on any atom is -0.493 e. The number of alkyl halides is 3. The molecular formula is C28H30F3NO3. The number of allylic oxidation sites excluding steroid dienone is 4. The highest BCUT2D eigenvalue weighted by Gasteiger charge is 2.34. The van der Waals surface area contributed by atoms with Crippen LogP contribution >= 0.6 is 0 Å². The molecule has 2 aromatic rings. The third-order valence-corrected chi connectivity index (χ3v) is 6.75. The van der Waals surface area contributed by atoms with E-state index in [9.17, 15) is 18.0 Å². The first-order valence-electron chi connectivity index (χ1n) is 11.9. The average molecular weight is 486 g/mol. The fraction of sp³-hybridized carbons (Fsp3) is 0.393. The van der Waals surface area contributed by atoms with Crippen molar-refractivity contribution in [2.75, 3.05) is 19.7 Å². The number of nitrogens with zero attached hydrogens (tertiary/aromatic N) is 1. The number of rotatable bonds is 7. The minimum absolute atomic E-state index is 0.0229. The van der Waals surface area contributed by atoms with Gasteiger partial charge >= 0.3 is 12.1 Å². The van der Waals surface area contributed by atoms with Crippen LogP contribution in [-0.4, -0.2) is 41.8 Å². The van der Waals surface area contributed by atoms with Crippen molar-refractivity contribution >= 4 is 5.97 Å². The molecule has 2 aliphatic rings. The molecule has 1 aliphatic carbocycles. The summed E-state index contributed by atoms with van der Waals surface area (Å²) in [6.45, 7) is 4.63. The zero-order valence-electron chi connectivity index (χ0n) is 19.7. The summed E-state index contributed by atoms with van der Waals surface area (Å²) < 4.78 is 44.5. The normalized spacial score (nSPS) is 20.6. The molecule has 1 N–H and O–H groups in total. The second-order valence-corrected chi connectivity index (χ2v) is 9.30. The van der Waals surface area contributed by atoms with E-state index in [1.807, 2.05) is 31.2 Å². The summed E-state index contributed by atoms with van der Waals surface area (Å²) in [6.07, 6.45) is 1.66. The Morgan fingerprint density at radius 2 is 1.80 bits per heavy atom. The summed E-state index contributed by atoms with van der Waals surface area (Å²) in [4.78, 5) is 13.1. The molecule has 0 amide bonds. The van der Waals surface area contributed by atoms with Crippen LogP contribution in [0, 0.1) is 5.92 Å². The number of benzene rings is 2. The van der Waals surface area contributed by atoms with Crippen LogP contribution < -0.4 is 4.74 Å². The average Bonchev–Trinajstić information content (AvgIpc) is 3.01. The number of hydrogen-bond donors (Lipinski definition) is 1. The molecule has 0 radical (unpaired) electrons. The monoisotopic (exact) mass is 485 g/mol. The van der Waals surface area contributed by atoms with Crippen molar-refractivity contribution in [3.8, 4) is 5.75 Å². The maximum Gasteiger partial charge on any atom is 0.416 e. The molecule has 7 heteroatoms. The van der Waals surface area contributed by atoms with Gasteiger partial charge < -0.3 is 9.84 Å². The highest BCUT2D eigenvalue weighted by Crippen LogP contribution is 2.37. The van der Waals surface area contributed by atoms with Crippen molar-refractivity contribution in [3.63, 3.8) is 0 Å². The van der Waals surface area contributed by atoms with Gasteiger partial charge in [0.15, 0.2) is 0 Å². The molecule has 0 bridgehead atoms. The van der Waals surface area contributed by atoms with Gasteiger partial charge in [0.2, 0.25) is 0 Å². The number of ether oxygens (including phenoxy) is 1. The van der Waals surface area contributed by atoms with Crippen molar-refractivity contribution in [1.29, 1.82) is 0 Å². The Morgan fingerprint density at radius 3 is 2.46 bits per heavy atom. The van der Waals surface area contributed by atoms with Crippen LogP contribution in [0.1, 0.15) is 41.5 Å². The predicted octanol–water partition coefficient (Wildman–Crippen LogP) is 5.92. The molecule has 4 rings (SSSR count). The van der Waals surface area contributed by atoms with E-state index in [2.05, 4.69) is 23.1 Å². The Balaban J connectivity index is 1.33. The summed E-state index contributed by atoms with van der Waals surface area (Å²) in [5.41, 5.74) is 4.15. The summed E-state index contributed by atoms with van der Waals surface area (Å²) in [7, 11) is 0. The smallest absolute Gasteiger partial charge is 0.416 e. The van der Waals surface area contributed by atoms with Crippen LogP contribution in [0.15, 0.2) is 66.3 Å². The molecule has 2 aromatic carbocycles. The lowest BCUT2D eigenvalue weighted by Crippen LogP contribution is -2.25. The first-order valence-corrected chi connectivity index (χ1v) is 11.9. The molecule has 0 aromatic heterocycles. The number of fused-ring (bicyclic) bond motifs is 1. The van der Waals surface area contributed by atoms with Gasteiger partial charge in [-0.05, 0) is 53.1 Å². The van der Waals surface area contributed by atoms with Crippen LogP contribution in [0.3, 0.4) is 0 Å². The molecule has 2 atom stereocenters. The summed E-state index contributed by atoms with van der Waals surface area (Å²) in [5.74, 6) is -0.447. The molecule has 2 unspecified atom stereocenters. The van der Waals surface area contributed by atoms with Gasteiger partial charge in [-0.15, -0.1) is 0 Å². The van der Waals surface area contributed by atoms with Crippen LogP contribution in [0.2, 0.25) is 0 Å². The fourth-order valence-corrected chi connectivity index (χ4v) is 4.78. The van der Waals surface area contributed by atoms with Crippen LogP contribution in [0.5, 0.6) is 5.75 Å². The number of carboxylic acids is 1. The first kappa shape index (κ1) is 25.0. The van der Waals surface area contributed by atoms with Gasteiger partial charge in [0, 0.05) is 25.6 Å². The van der Waals surface area contributed by atoms with Crippen molar-refractivity contribution in [1.82, 2.24) is 4.90 Å². The highest BCUT2D eigenvalue weighted by atomic mass is 19.4. The second kappa shape index (κ2) is 10.7. The predicted molar refractivity (Wildman–Crippen MR) is 128 cm³/mol. The standard InChI is InChI=1S/C28H30F3NO3/c1-19-16-24(28(29,30)31)7-9-26(19)22-4-2-20(3-5-22)18-32-13-10-21-6-8-25(17-23(21)11-14-32)35-15-12-27(33)34/h2-9,16-17,19,26H,10-15,18H2,1H3,(H,33,34). The van der Waals surface area contributed by atoms with Gasteiger partial charge in [-0.1, -0.05) is 55.5 Å².